The molecule has 9 heteroatoms. The minimum absolute atomic E-state index is 0.0938. The van der Waals surface area contributed by atoms with Crippen LogP contribution in [0.25, 0.3) is 0 Å². The summed E-state index contributed by atoms with van der Waals surface area (Å²) in [6, 6.07) is -0.565. The molecule has 0 spiro atoms. The summed E-state index contributed by atoms with van der Waals surface area (Å²) in [6.45, 7) is 1.45. The van der Waals surface area contributed by atoms with Gasteiger partial charge in [0.2, 0.25) is 0 Å². The SMILES string of the molecule is COC(=O)NCNC(=O)NC(C)NC(=O)OC. The molecule has 9 nitrogen and oxygen atoms in total. The molecule has 4 N–H and O–H groups in total. The van der Waals surface area contributed by atoms with E-state index in [4.69, 9.17) is 0 Å². The van der Waals surface area contributed by atoms with E-state index in [-0.39, 0.29) is 6.67 Å². The molecule has 0 radical (unpaired) electrons. The number of rotatable bonds is 4. The second-order valence-corrected chi connectivity index (χ2v) is 2.85. The molecular formula is C8H16N4O5. The van der Waals surface area contributed by atoms with Gasteiger partial charge in [0.15, 0.2) is 0 Å². The Morgan fingerprint density at radius 1 is 1.00 bits per heavy atom. The first-order valence-corrected chi connectivity index (χ1v) is 4.70. The van der Waals surface area contributed by atoms with Crippen molar-refractivity contribution in [2.24, 2.45) is 0 Å². The van der Waals surface area contributed by atoms with Gasteiger partial charge in [0.25, 0.3) is 0 Å². The van der Waals surface area contributed by atoms with Crippen molar-refractivity contribution in [3.05, 3.63) is 0 Å². The number of amides is 4. The Hall–Kier alpha value is -2.19. The maximum Gasteiger partial charge on any atom is 0.408 e. The fraction of sp³-hybridized carbons (Fsp3) is 0.625. The Labute approximate surface area is 98.2 Å². The number of urea groups is 1. The number of hydrogen-bond acceptors (Lipinski definition) is 5. The molecule has 0 aliphatic rings. The molecule has 0 heterocycles. The van der Waals surface area contributed by atoms with Crippen molar-refractivity contribution in [3.63, 3.8) is 0 Å². The van der Waals surface area contributed by atoms with Crippen LogP contribution in [-0.2, 0) is 9.47 Å². The second-order valence-electron chi connectivity index (χ2n) is 2.85. The topological polar surface area (TPSA) is 118 Å². The predicted molar refractivity (Wildman–Crippen MR) is 57.1 cm³/mol. The van der Waals surface area contributed by atoms with Crippen LogP contribution in [0.1, 0.15) is 6.92 Å². The summed E-state index contributed by atoms with van der Waals surface area (Å²) in [5, 5.41) is 9.27. The van der Waals surface area contributed by atoms with Crippen LogP contribution in [-0.4, -0.2) is 45.3 Å². The molecule has 98 valence electrons. The van der Waals surface area contributed by atoms with Crippen molar-refractivity contribution >= 4 is 18.2 Å². The van der Waals surface area contributed by atoms with Gasteiger partial charge in [-0.1, -0.05) is 0 Å². The lowest BCUT2D eigenvalue weighted by molar-refractivity contribution is 0.165. The molecule has 17 heavy (non-hydrogen) atoms. The normalized spacial score (nSPS) is 10.8. The fourth-order valence-corrected chi connectivity index (χ4v) is 0.788. The van der Waals surface area contributed by atoms with Crippen molar-refractivity contribution in [2.45, 2.75) is 13.1 Å². The molecule has 0 aromatic rings. The van der Waals surface area contributed by atoms with Crippen molar-refractivity contribution in [2.75, 3.05) is 20.9 Å². The Morgan fingerprint density at radius 3 is 2.12 bits per heavy atom. The predicted octanol–water partition coefficient (Wildman–Crippen LogP) is -0.699. The van der Waals surface area contributed by atoms with Gasteiger partial charge >= 0.3 is 18.2 Å². The highest BCUT2D eigenvalue weighted by Crippen LogP contribution is 1.78. The maximum atomic E-state index is 11.2. The van der Waals surface area contributed by atoms with Crippen LogP contribution in [0.2, 0.25) is 0 Å². The van der Waals surface area contributed by atoms with Crippen LogP contribution in [0.4, 0.5) is 14.4 Å². The van der Waals surface area contributed by atoms with Crippen molar-refractivity contribution in [3.8, 4) is 0 Å². The number of carbonyl (C=O) groups excluding carboxylic acids is 3. The quantitative estimate of drug-likeness (QED) is 0.491. The Balaban J connectivity index is 3.71. The minimum Gasteiger partial charge on any atom is -0.453 e. The lowest BCUT2D eigenvalue weighted by Gasteiger charge is -2.15. The molecule has 1 unspecified atom stereocenters. The number of hydrogen-bond donors (Lipinski definition) is 4. The van der Waals surface area contributed by atoms with E-state index in [0.29, 0.717) is 0 Å². The zero-order valence-electron chi connectivity index (χ0n) is 9.83. The average Bonchev–Trinajstić information content (AvgIpc) is 2.28. The lowest BCUT2D eigenvalue weighted by atomic mass is 10.5. The Kier molecular flexibility index (Phi) is 6.99. The standard InChI is InChI=1S/C8H16N4O5/c1-5(12-8(15)17-3)11-6(13)9-4-10-7(14)16-2/h5H,4H2,1-3H3,(H,10,14)(H,12,15)(H2,9,11,13). The largest absolute Gasteiger partial charge is 0.453 e. The van der Waals surface area contributed by atoms with E-state index in [9.17, 15) is 14.4 Å². The van der Waals surface area contributed by atoms with Crippen LogP contribution in [0, 0.1) is 0 Å². The highest BCUT2D eigenvalue weighted by atomic mass is 16.5. The molecule has 0 saturated heterocycles. The third kappa shape index (κ3) is 7.71. The van der Waals surface area contributed by atoms with Crippen molar-refractivity contribution in [1.82, 2.24) is 21.3 Å². The molecular weight excluding hydrogens is 232 g/mol. The van der Waals surface area contributed by atoms with E-state index in [1.165, 1.54) is 14.2 Å². The van der Waals surface area contributed by atoms with E-state index in [1.807, 2.05) is 0 Å². The van der Waals surface area contributed by atoms with Crippen LogP contribution in [0.5, 0.6) is 0 Å². The van der Waals surface area contributed by atoms with Gasteiger partial charge in [-0.25, -0.2) is 14.4 Å². The second kappa shape index (κ2) is 8.02. The summed E-state index contributed by atoms with van der Waals surface area (Å²) in [6.07, 6.45) is -1.93. The number of alkyl carbamates (subject to hydrolysis) is 2. The molecule has 0 saturated carbocycles. The van der Waals surface area contributed by atoms with Crippen LogP contribution >= 0.6 is 0 Å². The van der Waals surface area contributed by atoms with Crippen LogP contribution in [0.15, 0.2) is 0 Å². The number of carbonyl (C=O) groups is 3. The van der Waals surface area contributed by atoms with E-state index < -0.39 is 24.4 Å². The molecule has 1 atom stereocenters. The van der Waals surface area contributed by atoms with Gasteiger partial charge in [-0.3, -0.25) is 0 Å². The van der Waals surface area contributed by atoms with Gasteiger partial charge in [-0.2, -0.15) is 0 Å². The zero-order valence-corrected chi connectivity index (χ0v) is 9.83. The van der Waals surface area contributed by atoms with Crippen LogP contribution < -0.4 is 21.3 Å². The molecule has 0 aromatic carbocycles. The lowest BCUT2D eigenvalue weighted by Crippen LogP contribution is -2.51. The van der Waals surface area contributed by atoms with Gasteiger partial charge in [0, 0.05) is 0 Å². The highest BCUT2D eigenvalue weighted by Gasteiger charge is 2.09. The van der Waals surface area contributed by atoms with E-state index in [2.05, 4.69) is 30.7 Å². The molecule has 0 aliphatic carbocycles. The first-order chi connectivity index (χ1) is 7.99. The monoisotopic (exact) mass is 248 g/mol. The molecule has 0 bridgehead atoms. The summed E-state index contributed by atoms with van der Waals surface area (Å²) in [5.41, 5.74) is 0. The Bertz CT molecular complexity index is 283. The van der Waals surface area contributed by atoms with E-state index >= 15 is 0 Å². The minimum atomic E-state index is -0.662. The molecule has 0 aromatic heterocycles. The summed E-state index contributed by atoms with van der Waals surface area (Å²) in [7, 11) is 2.42. The third-order valence-electron chi connectivity index (χ3n) is 1.53. The van der Waals surface area contributed by atoms with Gasteiger partial charge in [-0.05, 0) is 6.92 Å². The summed E-state index contributed by atoms with van der Waals surface area (Å²) in [5.74, 6) is 0. The van der Waals surface area contributed by atoms with Crippen molar-refractivity contribution in [1.29, 1.82) is 0 Å². The van der Waals surface area contributed by atoms with E-state index in [0.717, 1.165) is 0 Å². The highest BCUT2D eigenvalue weighted by molar-refractivity contribution is 5.76. The summed E-state index contributed by atoms with van der Waals surface area (Å²) >= 11 is 0. The number of nitrogens with one attached hydrogen (secondary N) is 4. The van der Waals surface area contributed by atoms with Gasteiger partial charge in [0.05, 0.1) is 20.9 Å². The van der Waals surface area contributed by atoms with Gasteiger partial charge in [-0.15, -0.1) is 0 Å². The summed E-state index contributed by atoms with van der Waals surface area (Å²) in [4.78, 5) is 32.6. The number of ether oxygens (including phenoxy) is 2. The fourth-order valence-electron chi connectivity index (χ4n) is 0.788. The Morgan fingerprint density at radius 2 is 1.59 bits per heavy atom. The van der Waals surface area contributed by atoms with Gasteiger partial charge in [0.1, 0.15) is 6.17 Å². The first-order valence-electron chi connectivity index (χ1n) is 4.70. The smallest absolute Gasteiger partial charge is 0.408 e. The molecule has 0 aliphatic heterocycles. The average molecular weight is 248 g/mol. The molecule has 0 fully saturated rings. The number of methoxy groups -OCH3 is 2. The van der Waals surface area contributed by atoms with Crippen molar-refractivity contribution < 1.29 is 23.9 Å². The van der Waals surface area contributed by atoms with E-state index in [1.54, 1.807) is 6.92 Å². The first kappa shape index (κ1) is 14.8. The maximum absolute atomic E-state index is 11.2. The van der Waals surface area contributed by atoms with Crippen LogP contribution in [0.3, 0.4) is 0 Å². The molecule has 4 amide bonds. The summed E-state index contributed by atoms with van der Waals surface area (Å²) < 4.78 is 8.62. The zero-order chi connectivity index (χ0) is 13.3. The third-order valence-corrected chi connectivity index (χ3v) is 1.53. The molecule has 0 rings (SSSR count). The van der Waals surface area contributed by atoms with Gasteiger partial charge < -0.3 is 30.7 Å².